The van der Waals surface area contributed by atoms with Crippen LogP contribution in [0.4, 0.5) is 0 Å². The topological polar surface area (TPSA) is 74.7 Å². The van der Waals surface area contributed by atoms with E-state index in [0.717, 1.165) is 0 Å². The van der Waals surface area contributed by atoms with E-state index in [1.165, 1.54) is 29.1 Å². The largest absolute Gasteiger partial charge is 0.285 e. The van der Waals surface area contributed by atoms with E-state index in [-0.39, 0.29) is 11.8 Å². The summed E-state index contributed by atoms with van der Waals surface area (Å²) in [5.74, 6) is -0.0483. The molecule has 1 aromatic rings. The highest BCUT2D eigenvalue weighted by Gasteiger charge is 2.27. The maximum atomic E-state index is 11.8. The molecule has 0 radical (unpaired) electrons. The number of hydrogen-bond donors (Lipinski definition) is 1. The zero-order valence-electron chi connectivity index (χ0n) is 10.1. The van der Waals surface area contributed by atoms with Crippen molar-refractivity contribution in [2.24, 2.45) is 5.10 Å². The number of aromatic nitrogens is 1. The van der Waals surface area contributed by atoms with Crippen LogP contribution in [0.1, 0.15) is 10.4 Å². The van der Waals surface area contributed by atoms with Crippen molar-refractivity contribution in [1.82, 2.24) is 15.3 Å². The van der Waals surface area contributed by atoms with E-state index in [1.54, 1.807) is 18.2 Å². The van der Waals surface area contributed by atoms with Crippen LogP contribution in [0.15, 0.2) is 42.3 Å². The average Bonchev–Trinajstić information content (AvgIpc) is 2.79. The molecular formula is C12H12N4O2S. The Morgan fingerprint density at radius 3 is 3.00 bits per heavy atom. The molecule has 2 amide bonds. The van der Waals surface area contributed by atoms with Gasteiger partial charge < -0.3 is 0 Å². The lowest BCUT2D eigenvalue weighted by atomic mass is 10.3. The quantitative estimate of drug-likeness (QED) is 0.653. The van der Waals surface area contributed by atoms with Gasteiger partial charge in [0.25, 0.3) is 5.91 Å². The maximum absolute atomic E-state index is 11.8. The fourth-order valence-electron chi connectivity index (χ4n) is 1.46. The SMILES string of the molecule is C=CCN1C(=O)CS/C1=N\NC(=O)c1ccncc1. The van der Waals surface area contributed by atoms with Crippen LogP contribution < -0.4 is 5.43 Å². The summed E-state index contributed by atoms with van der Waals surface area (Å²) in [6.45, 7) is 3.97. The van der Waals surface area contributed by atoms with Crippen molar-refractivity contribution < 1.29 is 9.59 Å². The van der Waals surface area contributed by atoms with Crippen LogP contribution in [0, 0.1) is 0 Å². The fourth-order valence-corrected chi connectivity index (χ4v) is 2.31. The lowest BCUT2D eigenvalue weighted by molar-refractivity contribution is -0.123. The molecule has 2 rings (SSSR count). The van der Waals surface area contributed by atoms with E-state index in [1.807, 2.05) is 0 Å². The summed E-state index contributed by atoms with van der Waals surface area (Å²) in [5, 5.41) is 4.45. The summed E-state index contributed by atoms with van der Waals surface area (Å²) in [4.78, 5) is 28.6. The summed E-state index contributed by atoms with van der Waals surface area (Å²) >= 11 is 1.29. The Morgan fingerprint density at radius 2 is 2.32 bits per heavy atom. The molecule has 0 aromatic carbocycles. The van der Waals surface area contributed by atoms with Crippen molar-refractivity contribution in [3.05, 3.63) is 42.7 Å². The molecular weight excluding hydrogens is 264 g/mol. The molecule has 98 valence electrons. The Balaban J connectivity index is 2.04. The second-order valence-electron chi connectivity index (χ2n) is 3.65. The number of amides is 2. The van der Waals surface area contributed by atoms with Crippen LogP contribution in [0.5, 0.6) is 0 Å². The minimum absolute atomic E-state index is 0.0400. The fraction of sp³-hybridized carbons (Fsp3) is 0.167. The number of nitrogens with zero attached hydrogens (tertiary/aromatic N) is 3. The first-order valence-electron chi connectivity index (χ1n) is 5.54. The van der Waals surface area contributed by atoms with E-state index >= 15 is 0 Å². The molecule has 1 N–H and O–H groups in total. The third-order valence-corrected chi connectivity index (χ3v) is 3.33. The zero-order valence-corrected chi connectivity index (χ0v) is 10.9. The molecule has 0 unspecified atom stereocenters. The Morgan fingerprint density at radius 1 is 1.58 bits per heavy atom. The van der Waals surface area contributed by atoms with Gasteiger partial charge in [-0.2, -0.15) is 0 Å². The number of carbonyl (C=O) groups is 2. The minimum Gasteiger partial charge on any atom is -0.285 e. The molecule has 0 aliphatic carbocycles. The van der Waals surface area contributed by atoms with Crippen LogP contribution in [-0.4, -0.2) is 39.2 Å². The number of thioether (sulfide) groups is 1. The predicted molar refractivity (Wildman–Crippen MR) is 73.5 cm³/mol. The molecule has 2 heterocycles. The third-order valence-electron chi connectivity index (χ3n) is 2.36. The van der Waals surface area contributed by atoms with Gasteiger partial charge in [-0.05, 0) is 12.1 Å². The van der Waals surface area contributed by atoms with Gasteiger partial charge in [-0.25, -0.2) is 5.43 Å². The van der Waals surface area contributed by atoms with Gasteiger partial charge in [-0.1, -0.05) is 17.8 Å². The van der Waals surface area contributed by atoms with Gasteiger partial charge in [0.05, 0.1) is 5.75 Å². The monoisotopic (exact) mass is 276 g/mol. The van der Waals surface area contributed by atoms with Crippen LogP contribution in [0.25, 0.3) is 0 Å². The molecule has 1 aromatic heterocycles. The lowest BCUT2D eigenvalue weighted by Crippen LogP contribution is -2.31. The number of carbonyl (C=O) groups excluding carboxylic acids is 2. The number of nitrogens with one attached hydrogen (secondary N) is 1. The van der Waals surface area contributed by atoms with Crippen molar-refractivity contribution >= 4 is 28.7 Å². The summed E-state index contributed by atoms with van der Waals surface area (Å²) in [6.07, 6.45) is 4.67. The lowest BCUT2D eigenvalue weighted by Gasteiger charge is -2.12. The molecule has 1 saturated heterocycles. The zero-order chi connectivity index (χ0) is 13.7. The molecule has 0 saturated carbocycles. The molecule has 19 heavy (non-hydrogen) atoms. The summed E-state index contributed by atoms with van der Waals surface area (Å²) in [5.41, 5.74) is 2.88. The number of hydrogen-bond acceptors (Lipinski definition) is 5. The molecule has 7 heteroatoms. The van der Waals surface area contributed by atoms with Gasteiger partial charge in [0.2, 0.25) is 5.91 Å². The van der Waals surface area contributed by atoms with E-state index in [4.69, 9.17) is 0 Å². The normalized spacial score (nSPS) is 16.7. The first-order chi connectivity index (χ1) is 9.22. The standard InChI is InChI=1S/C12H12N4O2S/c1-2-7-16-10(17)8-19-12(16)15-14-11(18)9-3-5-13-6-4-9/h2-6H,1,7-8H2,(H,14,18)/b15-12-. The smallest absolute Gasteiger partial charge is 0.271 e. The average molecular weight is 276 g/mol. The minimum atomic E-state index is -0.339. The molecule has 0 bridgehead atoms. The van der Waals surface area contributed by atoms with Gasteiger partial charge in [-0.15, -0.1) is 11.7 Å². The Bertz CT molecular complexity index is 530. The van der Waals surface area contributed by atoms with E-state index in [2.05, 4.69) is 22.1 Å². The van der Waals surface area contributed by atoms with Crippen LogP contribution in [0.3, 0.4) is 0 Å². The first-order valence-corrected chi connectivity index (χ1v) is 6.53. The first kappa shape index (κ1) is 13.3. The van der Waals surface area contributed by atoms with Crippen molar-refractivity contribution in [3.63, 3.8) is 0 Å². The second-order valence-corrected chi connectivity index (χ2v) is 4.60. The van der Waals surface area contributed by atoms with Gasteiger partial charge >= 0.3 is 0 Å². The predicted octanol–water partition coefficient (Wildman–Crippen LogP) is 0.844. The highest BCUT2D eigenvalue weighted by atomic mass is 32.2. The highest BCUT2D eigenvalue weighted by molar-refractivity contribution is 8.15. The summed E-state index contributed by atoms with van der Waals surface area (Å²) < 4.78 is 0. The van der Waals surface area contributed by atoms with Gasteiger partial charge in [0.1, 0.15) is 0 Å². The number of rotatable bonds is 4. The van der Waals surface area contributed by atoms with E-state index in [0.29, 0.717) is 23.0 Å². The summed E-state index contributed by atoms with van der Waals surface area (Å²) in [7, 11) is 0. The number of pyridine rings is 1. The van der Waals surface area contributed by atoms with Crippen molar-refractivity contribution in [1.29, 1.82) is 0 Å². The number of amidine groups is 1. The van der Waals surface area contributed by atoms with Gasteiger partial charge in [0.15, 0.2) is 5.17 Å². The summed E-state index contributed by atoms with van der Waals surface area (Å²) in [6, 6.07) is 3.17. The van der Waals surface area contributed by atoms with E-state index < -0.39 is 0 Å². The van der Waals surface area contributed by atoms with Crippen LogP contribution >= 0.6 is 11.8 Å². The van der Waals surface area contributed by atoms with Crippen molar-refractivity contribution in [3.8, 4) is 0 Å². The molecule has 6 nitrogen and oxygen atoms in total. The third kappa shape index (κ3) is 3.19. The Kier molecular flexibility index (Phi) is 4.30. The highest BCUT2D eigenvalue weighted by Crippen LogP contribution is 2.18. The van der Waals surface area contributed by atoms with Gasteiger partial charge in [-0.3, -0.25) is 19.5 Å². The molecule has 1 fully saturated rings. The Hall–Kier alpha value is -2.15. The second kappa shape index (κ2) is 6.14. The van der Waals surface area contributed by atoms with Crippen molar-refractivity contribution in [2.75, 3.05) is 12.3 Å². The number of hydrazone groups is 1. The molecule has 0 spiro atoms. The molecule has 1 aliphatic rings. The molecule has 0 atom stereocenters. The van der Waals surface area contributed by atoms with Crippen LogP contribution in [-0.2, 0) is 4.79 Å². The van der Waals surface area contributed by atoms with Gasteiger partial charge in [0, 0.05) is 24.5 Å². The van der Waals surface area contributed by atoms with Crippen molar-refractivity contribution in [2.45, 2.75) is 0 Å². The Labute approximate surface area is 114 Å². The van der Waals surface area contributed by atoms with E-state index in [9.17, 15) is 9.59 Å². The molecule has 1 aliphatic heterocycles. The van der Waals surface area contributed by atoms with Crippen LogP contribution in [0.2, 0.25) is 0 Å². The maximum Gasteiger partial charge on any atom is 0.271 e.